The maximum absolute atomic E-state index is 13.8. The quantitative estimate of drug-likeness (QED) is 0.440. The third-order valence-corrected chi connectivity index (χ3v) is 6.42. The van der Waals surface area contributed by atoms with Gasteiger partial charge in [-0.3, -0.25) is 9.59 Å². The number of alkyl halides is 1. The normalized spacial score (nSPS) is 22.0. The Morgan fingerprint density at radius 3 is 2.56 bits per heavy atom. The molecule has 1 fully saturated rings. The number of amides is 2. The lowest BCUT2D eigenvalue weighted by Crippen LogP contribution is -2.63. The number of nitrogens with one attached hydrogen (secondary N) is 1. The van der Waals surface area contributed by atoms with Gasteiger partial charge in [0.15, 0.2) is 0 Å². The summed E-state index contributed by atoms with van der Waals surface area (Å²) in [6.45, 7) is 2.88. The summed E-state index contributed by atoms with van der Waals surface area (Å²) < 4.78 is 13.8. The Hall–Kier alpha value is -3.17. The van der Waals surface area contributed by atoms with Gasteiger partial charge in [0.1, 0.15) is 17.6 Å². The van der Waals surface area contributed by atoms with Crippen LogP contribution in [0.4, 0.5) is 4.39 Å². The monoisotopic (exact) mass is 492 g/mol. The number of aliphatic carboxylic acids is 1. The molecule has 8 nitrogen and oxygen atoms in total. The first kappa shape index (κ1) is 25.5. The number of rotatable bonds is 7. The Bertz CT molecular complexity index is 1130. The minimum absolute atomic E-state index is 0.0868. The van der Waals surface area contributed by atoms with E-state index in [1.54, 1.807) is 25.1 Å². The fourth-order valence-corrected chi connectivity index (χ4v) is 4.51. The molecule has 1 heterocycles. The van der Waals surface area contributed by atoms with Crippen LogP contribution in [-0.4, -0.2) is 61.7 Å². The molecule has 0 aliphatic carbocycles. The maximum Gasteiger partial charge on any atom is 0.359 e. The molecule has 34 heavy (non-hydrogen) atoms. The molecule has 0 bridgehead atoms. The zero-order valence-electron chi connectivity index (χ0n) is 18.7. The van der Waals surface area contributed by atoms with E-state index in [1.807, 2.05) is 0 Å². The Labute approximate surface area is 201 Å². The predicted molar refractivity (Wildman–Crippen MR) is 122 cm³/mol. The summed E-state index contributed by atoms with van der Waals surface area (Å²) in [5, 5.41) is 32.2. The van der Waals surface area contributed by atoms with Crippen molar-refractivity contribution in [1.82, 2.24) is 10.2 Å². The molecule has 2 aromatic carbocycles. The summed E-state index contributed by atoms with van der Waals surface area (Å²) in [5.41, 5.74) is -1.41. The van der Waals surface area contributed by atoms with Crippen molar-refractivity contribution in [2.24, 2.45) is 0 Å². The highest BCUT2D eigenvalue weighted by molar-refractivity contribution is 6.22. The molecule has 0 saturated carbocycles. The second-order valence-electron chi connectivity index (χ2n) is 8.40. The SMILES string of the molecule is Cc1cc(O)c(C)c(C(=O)NC2C(Cl)CN(C(=O)CCCc3ccccc3F)[C@]2(O)C(=O)O)c1. The van der Waals surface area contributed by atoms with Gasteiger partial charge in [-0.15, -0.1) is 11.6 Å². The molecule has 2 unspecified atom stereocenters. The molecule has 182 valence electrons. The van der Waals surface area contributed by atoms with E-state index in [0.717, 1.165) is 4.90 Å². The molecule has 4 N–H and O–H groups in total. The number of phenols is 1. The molecule has 0 aromatic heterocycles. The molecular weight excluding hydrogens is 467 g/mol. The van der Waals surface area contributed by atoms with E-state index < -0.39 is 40.7 Å². The highest BCUT2D eigenvalue weighted by atomic mass is 35.5. The molecule has 0 radical (unpaired) electrons. The van der Waals surface area contributed by atoms with E-state index in [0.29, 0.717) is 11.1 Å². The van der Waals surface area contributed by atoms with Crippen molar-refractivity contribution in [3.05, 3.63) is 64.5 Å². The van der Waals surface area contributed by atoms with Crippen LogP contribution >= 0.6 is 11.6 Å². The van der Waals surface area contributed by atoms with Crippen LogP contribution in [-0.2, 0) is 16.0 Å². The number of aliphatic hydroxyl groups is 1. The molecule has 2 amide bonds. The number of hydrogen-bond acceptors (Lipinski definition) is 5. The molecule has 1 aliphatic rings. The number of benzene rings is 2. The molecule has 1 saturated heterocycles. The number of hydrogen-bond donors (Lipinski definition) is 4. The Morgan fingerprint density at radius 2 is 1.91 bits per heavy atom. The Morgan fingerprint density at radius 1 is 1.24 bits per heavy atom. The van der Waals surface area contributed by atoms with Crippen molar-refractivity contribution in [3.63, 3.8) is 0 Å². The standard InChI is InChI=1S/C24H26ClFN2O6/c1-13-10-16(14(2)19(29)11-13)22(31)27-21-17(25)12-28(24(21,34)23(32)33)20(30)9-5-7-15-6-3-4-8-18(15)26/h3-4,6,8,10-11,17,21,29,34H,5,7,9,12H2,1-2H3,(H,27,31)(H,32,33)/t17?,21?,24-/m1/s1. The molecule has 3 rings (SSSR count). The van der Waals surface area contributed by atoms with Gasteiger partial charge in [0.05, 0.1) is 5.38 Å². The number of carbonyl (C=O) groups excluding carboxylic acids is 2. The van der Waals surface area contributed by atoms with E-state index in [4.69, 9.17) is 11.6 Å². The van der Waals surface area contributed by atoms with Gasteiger partial charge >= 0.3 is 5.97 Å². The second kappa shape index (κ2) is 9.99. The van der Waals surface area contributed by atoms with Crippen LogP contribution in [0.15, 0.2) is 36.4 Å². The Balaban J connectivity index is 1.77. The van der Waals surface area contributed by atoms with Crippen LogP contribution < -0.4 is 5.32 Å². The largest absolute Gasteiger partial charge is 0.508 e. The van der Waals surface area contributed by atoms with Gasteiger partial charge in [-0.25, -0.2) is 9.18 Å². The number of carboxylic acid groups (broad SMARTS) is 1. The summed E-state index contributed by atoms with van der Waals surface area (Å²) >= 11 is 6.30. The number of likely N-dealkylation sites (tertiary alicyclic amines) is 1. The van der Waals surface area contributed by atoms with Gasteiger partial charge in [-0.1, -0.05) is 18.2 Å². The Kier molecular flexibility index (Phi) is 7.48. The van der Waals surface area contributed by atoms with Crippen LogP contribution in [0.5, 0.6) is 5.75 Å². The third kappa shape index (κ3) is 4.85. The highest BCUT2D eigenvalue weighted by Crippen LogP contribution is 2.33. The molecule has 3 atom stereocenters. The average Bonchev–Trinajstić information content (AvgIpc) is 3.03. The van der Waals surface area contributed by atoms with Gasteiger partial charge in [0, 0.05) is 24.1 Å². The minimum Gasteiger partial charge on any atom is -0.508 e. The molecular formula is C24H26ClFN2O6. The highest BCUT2D eigenvalue weighted by Gasteiger charge is 2.60. The summed E-state index contributed by atoms with van der Waals surface area (Å²) in [6.07, 6.45) is 0.315. The van der Waals surface area contributed by atoms with Crippen molar-refractivity contribution in [2.45, 2.75) is 50.3 Å². The van der Waals surface area contributed by atoms with Crippen molar-refractivity contribution < 1.29 is 34.1 Å². The van der Waals surface area contributed by atoms with Crippen LogP contribution in [0.25, 0.3) is 0 Å². The van der Waals surface area contributed by atoms with Crippen molar-refractivity contribution in [1.29, 1.82) is 0 Å². The molecule has 1 aliphatic heterocycles. The van der Waals surface area contributed by atoms with E-state index in [-0.39, 0.29) is 42.7 Å². The maximum atomic E-state index is 13.8. The van der Waals surface area contributed by atoms with Gasteiger partial charge in [0.25, 0.3) is 11.6 Å². The number of carboxylic acids is 1. The summed E-state index contributed by atoms with van der Waals surface area (Å²) in [5.74, 6) is -3.70. The van der Waals surface area contributed by atoms with Gasteiger partial charge in [0.2, 0.25) is 5.91 Å². The summed E-state index contributed by atoms with van der Waals surface area (Å²) in [6, 6.07) is 7.59. The van der Waals surface area contributed by atoms with Crippen LogP contribution in [0.3, 0.4) is 0 Å². The average molecular weight is 493 g/mol. The van der Waals surface area contributed by atoms with Crippen LogP contribution in [0.2, 0.25) is 0 Å². The third-order valence-electron chi connectivity index (χ3n) is 6.03. The topological polar surface area (TPSA) is 127 Å². The fourth-order valence-electron chi connectivity index (χ4n) is 4.13. The first-order valence-electron chi connectivity index (χ1n) is 10.7. The van der Waals surface area contributed by atoms with Crippen LogP contribution in [0.1, 0.15) is 39.9 Å². The first-order chi connectivity index (χ1) is 16.0. The number of aromatic hydroxyl groups is 1. The van der Waals surface area contributed by atoms with Gasteiger partial charge in [-0.2, -0.15) is 0 Å². The van der Waals surface area contributed by atoms with E-state index in [1.165, 1.54) is 25.1 Å². The predicted octanol–water partition coefficient (Wildman–Crippen LogP) is 2.49. The number of aryl methyl sites for hydroxylation is 2. The lowest BCUT2D eigenvalue weighted by Gasteiger charge is -2.34. The lowest BCUT2D eigenvalue weighted by atomic mass is 10.0. The zero-order chi connectivity index (χ0) is 25.2. The smallest absolute Gasteiger partial charge is 0.359 e. The lowest BCUT2D eigenvalue weighted by molar-refractivity contribution is -0.185. The minimum atomic E-state index is -2.78. The van der Waals surface area contributed by atoms with Gasteiger partial charge in [-0.05, 0) is 56.0 Å². The fraction of sp³-hybridized carbons (Fsp3) is 0.375. The summed E-state index contributed by atoms with van der Waals surface area (Å²) in [7, 11) is 0. The van der Waals surface area contributed by atoms with E-state index in [9.17, 15) is 34.1 Å². The molecule has 2 aromatic rings. The van der Waals surface area contributed by atoms with Gasteiger partial charge < -0.3 is 25.5 Å². The second-order valence-corrected chi connectivity index (χ2v) is 8.96. The summed E-state index contributed by atoms with van der Waals surface area (Å²) in [4.78, 5) is 38.6. The van der Waals surface area contributed by atoms with Crippen molar-refractivity contribution >= 4 is 29.4 Å². The zero-order valence-corrected chi connectivity index (χ0v) is 19.5. The number of phenolic OH excluding ortho intramolecular Hbond substituents is 1. The van der Waals surface area contributed by atoms with Crippen molar-refractivity contribution in [2.75, 3.05) is 6.54 Å². The molecule has 0 spiro atoms. The number of nitrogens with zero attached hydrogens (tertiary/aromatic N) is 1. The number of carbonyl (C=O) groups is 3. The first-order valence-corrected chi connectivity index (χ1v) is 11.1. The van der Waals surface area contributed by atoms with Crippen molar-refractivity contribution in [3.8, 4) is 5.75 Å². The molecule has 10 heteroatoms. The van der Waals surface area contributed by atoms with Crippen LogP contribution in [0, 0.1) is 19.7 Å². The van der Waals surface area contributed by atoms with E-state index in [2.05, 4.69) is 5.32 Å². The number of halogens is 2. The van der Waals surface area contributed by atoms with E-state index >= 15 is 0 Å².